The summed E-state index contributed by atoms with van der Waals surface area (Å²) in [5, 5.41) is 12.7. The smallest absolute Gasteiger partial charge is 0.325 e. The van der Waals surface area contributed by atoms with E-state index in [0.717, 1.165) is 0 Å². The van der Waals surface area contributed by atoms with Gasteiger partial charge < -0.3 is 10.1 Å². The van der Waals surface area contributed by atoms with Gasteiger partial charge >= 0.3 is 5.97 Å². The Labute approximate surface area is 111 Å². The fraction of sp³-hybridized carbons (Fsp3) is 0.273. The lowest BCUT2D eigenvalue weighted by molar-refractivity contribution is -0.385. The zero-order valence-corrected chi connectivity index (χ0v) is 10.3. The van der Waals surface area contributed by atoms with Gasteiger partial charge in [0.15, 0.2) is 11.6 Å². The minimum Gasteiger partial charge on any atom is -0.465 e. The van der Waals surface area contributed by atoms with Crippen molar-refractivity contribution >= 4 is 17.6 Å². The van der Waals surface area contributed by atoms with E-state index in [2.05, 4.69) is 4.74 Å². The van der Waals surface area contributed by atoms with Gasteiger partial charge in [-0.2, -0.15) is 0 Å². The third-order valence-corrected chi connectivity index (χ3v) is 2.18. The number of carbonyl (C=O) groups is 2. The summed E-state index contributed by atoms with van der Waals surface area (Å²) in [4.78, 5) is 32.3. The molecule has 1 aromatic rings. The quantitative estimate of drug-likeness (QED) is 0.498. The molecular weight excluding hydrogens is 278 g/mol. The maximum Gasteiger partial charge on any atom is 0.325 e. The van der Waals surface area contributed by atoms with Crippen molar-refractivity contribution in [2.75, 3.05) is 13.2 Å². The van der Waals surface area contributed by atoms with Crippen LogP contribution in [0.1, 0.15) is 17.3 Å². The van der Waals surface area contributed by atoms with Crippen LogP contribution in [0.5, 0.6) is 0 Å². The van der Waals surface area contributed by atoms with Crippen LogP contribution in [0.2, 0.25) is 0 Å². The van der Waals surface area contributed by atoms with Crippen LogP contribution in [0.3, 0.4) is 0 Å². The monoisotopic (exact) mass is 288 g/mol. The van der Waals surface area contributed by atoms with Crippen molar-refractivity contribution < 1.29 is 28.0 Å². The lowest BCUT2D eigenvalue weighted by atomic mass is 10.1. The van der Waals surface area contributed by atoms with Crippen LogP contribution in [0.25, 0.3) is 0 Å². The molecule has 0 heterocycles. The van der Waals surface area contributed by atoms with Gasteiger partial charge in [0, 0.05) is 0 Å². The maximum absolute atomic E-state index is 13.0. The highest BCUT2D eigenvalue weighted by Crippen LogP contribution is 2.22. The number of rotatable bonds is 5. The number of ether oxygens (including phenoxy) is 1. The zero-order valence-electron chi connectivity index (χ0n) is 10.3. The minimum atomic E-state index is -1.45. The summed E-state index contributed by atoms with van der Waals surface area (Å²) in [6, 6.07) is 0.697. The summed E-state index contributed by atoms with van der Waals surface area (Å²) in [5.41, 5.74) is -1.58. The second-order valence-corrected chi connectivity index (χ2v) is 3.53. The van der Waals surface area contributed by atoms with Crippen LogP contribution in [0, 0.1) is 21.7 Å². The molecule has 9 heteroatoms. The third-order valence-electron chi connectivity index (χ3n) is 2.18. The standard InChI is InChI=1S/C11H10F2N2O5/c1-2-20-10(16)5-14-11(17)6-3-7(12)8(13)4-9(6)15(18)19/h3-4H,2,5H2,1H3,(H,14,17). The molecule has 0 fully saturated rings. The molecule has 0 unspecified atom stereocenters. The molecule has 0 aromatic heterocycles. The molecule has 1 N–H and O–H groups in total. The van der Waals surface area contributed by atoms with Gasteiger partial charge in [0.05, 0.1) is 17.6 Å². The van der Waals surface area contributed by atoms with Gasteiger partial charge in [0.25, 0.3) is 11.6 Å². The van der Waals surface area contributed by atoms with Gasteiger partial charge in [-0.1, -0.05) is 0 Å². The average molecular weight is 288 g/mol. The molecule has 1 aromatic carbocycles. The molecule has 0 radical (unpaired) electrons. The average Bonchev–Trinajstić information content (AvgIpc) is 2.38. The van der Waals surface area contributed by atoms with E-state index >= 15 is 0 Å². The summed E-state index contributed by atoms with van der Waals surface area (Å²) in [6.45, 7) is 1.11. The van der Waals surface area contributed by atoms with Gasteiger partial charge in [0.2, 0.25) is 0 Å². The fourth-order valence-corrected chi connectivity index (χ4v) is 1.33. The molecule has 0 aliphatic rings. The number of halogens is 2. The van der Waals surface area contributed by atoms with E-state index in [4.69, 9.17) is 0 Å². The number of benzene rings is 1. The van der Waals surface area contributed by atoms with E-state index in [-0.39, 0.29) is 6.61 Å². The molecule has 20 heavy (non-hydrogen) atoms. The number of nitrogens with zero attached hydrogens (tertiary/aromatic N) is 1. The number of hydrogen-bond donors (Lipinski definition) is 1. The number of hydrogen-bond acceptors (Lipinski definition) is 5. The Kier molecular flexibility index (Phi) is 5.07. The largest absolute Gasteiger partial charge is 0.465 e. The Morgan fingerprint density at radius 2 is 1.95 bits per heavy atom. The Morgan fingerprint density at radius 3 is 2.50 bits per heavy atom. The van der Waals surface area contributed by atoms with Gasteiger partial charge in [-0.25, -0.2) is 8.78 Å². The molecule has 108 valence electrons. The van der Waals surface area contributed by atoms with E-state index < -0.39 is 46.2 Å². The van der Waals surface area contributed by atoms with E-state index in [1.165, 1.54) is 0 Å². The summed E-state index contributed by atoms with van der Waals surface area (Å²) in [7, 11) is 0. The Balaban J connectivity index is 2.95. The Bertz CT molecular complexity index is 562. The molecule has 0 aliphatic heterocycles. The molecule has 0 bridgehead atoms. The molecule has 1 rings (SSSR count). The predicted octanol–water partition coefficient (Wildman–Crippen LogP) is 1.17. The summed E-state index contributed by atoms with van der Waals surface area (Å²) in [6.07, 6.45) is 0. The van der Waals surface area contributed by atoms with Crippen molar-refractivity contribution in [3.05, 3.63) is 39.4 Å². The molecular formula is C11H10F2N2O5. The fourth-order valence-electron chi connectivity index (χ4n) is 1.33. The van der Waals surface area contributed by atoms with Crippen LogP contribution >= 0.6 is 0 Å². The lowest BCUT2D eigenvalue weighted by Gasteiger charge is -2.06. The van der Waals surface area contributed by atoms with Crippen molar-refractivity contribution in [3.8, 4) is 0 Å². The van der Waals surface area contributed by atoms with Crippen molar-refractivity contribution in [2.45, 2.75) is 6.92 Å². The highest BCUT2D eigenvalue weighted by Gasteiger charge is 2.24. The maximum atomic E-state index is 13.0. The first-order valence-electron chi connectivity index (χ1n) is 5.44. The van der Waals surface area contributed by atoms with Crippen molar-refractivity contribution in [1.29, 1.82) is 0 Å². The summed E-state index contributed by atoms with van der Waals surface area (Å²) in [5.74, 6) is -4.69. The van der Waals surface area contributed by atoms with Crippen LogP contribution in [-0.4, -0.2) is 30.0 Å². The summed E-state index contributed by atoms with van der Waals surface area (Å²) < 4.78 is 30.5. The molecule has 7 nitrogen and oxygen atoms in total. The van der Waals surface area contributed by atoms with Crippen molar-refractivity contribution in [2.24, 2.45) is 0 Å². The first kappa shape index (κ1) is 15.5. The predicted molar refractivity (Wildman–Crippen MR) is 62.0 cm³/mol. The first-order valence-corrected chi connectivity index (χ1v) is 5.44. The van der Waals surface area contributed by atoms with Gasteiger partial charge in [-0.05, 0) is 13.0 Å². The third kappa shape index (κ3) is 3.70. The van der Waals surface area contributed by atoms with Gasteiger partial charge in [-0.15, -0.1) is 0 Å². The number of amides is 1. The minimum absolute atomic E-state index is 0.0972. The first-order chi connectivity index (χ1) is 9.36. The zero-order chi connectivity index (χ0) is 15.3. The number of carbonyl (C=O) groups excluding carboxylic acids is 2. The number of esters is 1. The van der Waals surface area contributed by atoms with E-state index in [9.17, 15) is 28.5 Å². The van der Waals surface area contributed by atoms with E-state index in [1.807, 2.05) is 5.32 Å². The van der Waals surface area contributed by atoms with Crippen LogP contribution in [-0.2, 0) is 9.53 Å². The topological polar surface area (TPSA) is 98.5 Å². The Morgan fingerprint density at radius 1 is 1.35 bits per heavy atom. The second kappa shape index (κ2) is 6.55. The Hall–Kier alpha value is -2.58. The molecule has 0 atom stereocenters. The van der Waals surface area contributed by atoms with Crippen LogP contribution < -0.4 is 5.32 Å². The highest BCUT2D eigenvalue weighted by atomic mass is 19.2. The lowest BCUT2D eigenvalue weighted by Crippen LogP contribution is -2.31. The highest BCUT2D eigenvalue weighted by molar-refractivity contribution is 5.99. The number of nitrogens with one attached hydrogen (secondary N) is 1. The van der Waals surface area contributed by atoms with E-state index in [1.54, 1.807) is 6.92 Å². The molecule has 0 aliphatic carbocycles. The van der Waals surface area contributed by atoms with Crippen LogP contribution in [0.4, 0.5) is 14.5 Å². The SMILES string of the molecule is CCOC(=O)CNC(=O)c1cc(F)c(F)cc1[N+](=O)[O-]. The van der Waals surface area contributed by atoms with Crippen LogP contribution in [0.15, 0.2) is 12.1 Å². The number of nitro benzene ring substituents is 1. The molecule has 0 saturated heterocycles. The molecule has 1 amide bonds. The summed E-state index contributed by atoms with van der Waals surface area (Å²) >= 11 is 0. The van der Waals surface area contributed by atoms with Gasteiger partial charge in [-0.3, -0.25) is 19.7 Å². The van der Waals surface area contributed by atoms with E-state index in [0.29, 0.717) is 12.1 Å². The number of nitro groups is 1. The molecule has 0 saturated carbocycles. The molecule has 0 spiro atoms. The van der Waals surface area contributed by atoms with Crippen molar-refractivity contribution in [1.82, 2.24) is 5.32 Å². The normalized spacial score (nSPS) is 9.95. The van der Waals surface area contributed by atoms with Crippen molar-refractivity contribution in [3.63, 3.8) is 0 Å². The second-order valence-electron chi connectivity index (χ2n) is 3.53. The van der Waals surface area contributed by atoms with Gasteiger partial charge in [0.1, 0.15) is 12.1 Å².